The van der Waals surface area contributed by atoms with E-state index in [1.807, 2.05) is 13.1 Å². The highest BCUT2D eigenvalue weighted by Crippen LogP contribution is 2.26. The Hall–Kier alpha value is -3.85. The Bertz CT molecular complexity index is 1400. The molecule has 32 heavy (non-hydrogen) atoms. The summed E-state index contributed by atoms with van der Waals surface area (Å²) in [6, 6.07) is 10.6. The number of imidazole rings is 1. The molecule has 9 nitrogen and oxygen atoms in total. The number of nitrogens with one attached hydrogen (secondary N) is 1. The van der Waals surface area contributed by atoms with E-state index in [1.165, 1.54) is 5.56 Å². The summed E-state index contributed by atoms with van der Waals surface area (Å²) in [6.07, 6.45) is 5.29. The lowest BCUT2D eigenvalue weighted by molar-refractivity contribution is 0.122. The number of nitrogens with zero attached hydrogens (tertiary/aromatic N) is 7. The van der Waals surface area contributed by atoms with Crippen LogP contribution in [0, 0.1) is 6.92 Å². The summed E-state index contributed by atoms with van der Waals surface area (Å²) in [7, 11) is 0. The zero-order valence-corrected chi connectivity index (χ0v) is 17.7. The standard InChI is InChI=1S/C23H22N8O/c1-15-28-20-22(30-6-8-32-9-7-30)25-14-26-23(20)31(15)13-16-2-4-17(5-3-16)18-10-19-12-27-29-21(19)24-11-18/h2-5,10-12,14H,6-9,13H2,1H3,(H,24,27,29). The number of hydrogen-bond acceptors (Lipinski definition) is 7. The number of pyridine rings is 1. The Labute approximate surface area is 184 Å². The van der Waals surface area contributed by atoms with Crippen molar-refractivity contribution in [3.8, 4) is 11.1 Å². The lowest BCUT2D eigenvalue weighted by Gasteiger charge is -2.27. The van der Waals surface area contributed by atoms with Crippen LogP contribution in [0.15, 0.2) is 49.1 Å². The van der Waals surface area contributed by atoms with Crippen LogP contribution in [0.5, 0.6) is 0 Å². The number of benzene rings is 1. The first-order valence-corrected chi connectivity index (χ1v) is 10.7. The molecule has 9 heteroatoms. The molecule has 1 aromatic carbocycles. The Morgan fingerprint density at radius 1 is 1.00 bits per heavy atom. The summed E-state index contributed by atoms with van der Waals surface area (Å²) in [5.41, 5.74) is 5.87. The van der Waals surface area contributed by atoms with E-state index in [0.717, 1.165) is 58.1 Å². The lowest BCUT2D eigenvalue weighted by atomic mass is 10.0. The molecule has 0 aliphatic carbocycles. The van der Waals surface area contributed by atoms with Gasteiger partial charge in [-0.1, -0.05) is 24.3 Å². The first-order valence-electron chi connectivity index (χ1n) is 10.7. The zero-order chi connectivity index (χ0) is 21.5. The second-order valence-electron chi connectivity index (χ2n) is 7.94. The average molecular weight is 426 g/mol. The van der Waals surface area contributed by atoms with Gasteiger partial charge in [-0.25, -0.2) is 19.9 Å². The lowest BCUT2D eigenvalue weighted by Crippen LogP contribution is -2.36. The Morgan fingerprint density at radius 3 is 2.69 bits per heavy atom. The van der Waals surface area contributed by atoms with Crippen molar-refractivity contribution in [1.82, 2.24) is 34.7 Å². The number of fused-ring (bicyclic) bond motifs is 2. The number of aromatic nitrogens is 7. The second kappa shape index (κ2) is 7.69. The molecule has 1 aliphatic rings. The molecule has 0 unspecified atom stereocenters. The van der Waals surface area contributed by atoms with Gasteiger partial charge in [0.15, 0.2) is 22.6 Å². The number of morpholine rings is 1. The highest BCUT2D eigenvalue weighted by Gasteiger charge is 2.20. The van der Waals surface area contributed by atoms with Gasteiger partial charge in [0.2, 0.25) is 0 Å². The van der Waals surface area contributed by atoms with Gasteiger partial charge in [-0.2, -0.15) is 5.10 Å². The molecule has 1 N–H and O–H groups in total. The van der Waals surface area contributed by atoms with Gasteiger partial charge in [0.05, 0.1) is 26.0 Å². The quantitative estimate of drug-likeness (QED) is 0.472. The molecule has 0 amide bonds. The highest BCUT2D eigenvalue weighted by molar-refractivity contribution is 5.84. The van der Waals surface area contributed by atoms with E-state index >= 15 is 0 Å². The van der Waals surface area contributed by atoms with Gasteiger partial charge in [-0.15, -0.1) is 0 Å². The Kier molecular flexibility index (Phi) is 4.53. The van der Waals surface area contributed by atoms with Gasteiger partial charge in [-0.3, -0.25) is 5.10 Å². The number of aromatic amines is 1. The minimum Gasteiger partial charge on any atom is -0.378 e. The third-order valence-corrected chi connectivity index (χ3v) is 5.93. The highest BCUT2D eigenvalue weighted by atomic mass is 16.5. The van der Waals surface area contributed by atoms with Crippen LogP contribution in [-0.2, 0) is 11.3 Å². The molecule has 0 spiro atoms. The van der Waals surface area contributed by atoms with E-state index in [-0.39, 0.29) is 0 Å². The normalized spacial score (nSPS) is 14.5. The molecule has 0 bridgehead atoms. The van der Waals surface area contributed by atoms with E-state index in [4.69, 9.17) is 9.72 Å². The van der Waals surface area contributed by atoms with Crippen LogP contribution in [0.4, 0.5) is 5.82 Å². The molecule has 1 fully saturated rings. The summed E-state index contributed by atoms with van der Waals surface area (Å²) >= 11 is 0. The predicted molar refractivity (Wildman–Crippen MR) is 122 cm³/mol. The topological polar surface area (TPSA) is 97.6 Å². The summed E-state index contributed by atoms with van der Waals surface area (Å²) in [5.74, 6) is 1.81. The maximum absolute atomic E-state index is 5.48. The van der Waals surface area contributed by atoms with E-state index < -0.39 is 0 Å². The fourth-order valence-electron chi connectivity index (χ4n) is 4.21. The third kappa shape index (κ3) is 3.27. The fourth-order valence-corrected chi connectivity index (χ4v) is 4.21. The molecule has 0 radical (unpaired) electrons. The van der Waals surface area contributed by atoms with Gasteiger partial charge in [0, 0.05) is 30.2 Å². The SMILES string of the molecule is Cc1nc2c(N3CCOCC3)ncnc2n1Cc1ccc(-c2cnc3[nH]ncc3c2)cc1. The van der Waals surface area contributed by atoms with Crippen molar-refractivity contribution in [2.24, 2.45) is 0 Å². The van der Waals surface area contributed by atoms with E-state index in [2.05, 4.69) is 64.9 Å². The minimum atomic E-state index is 0.696. The van der Waals surface area contributed by atoms with Gasteiger partial charge in [0.25, 0.3) is 0 Å². The zero-order valence-electron chi connectivity index (χ0n) is 17.7. The second-order valence-corrected chi connectivity index (χ2v) is 7.94. The van der Waals surface area contributed by atoms with Crippen LogP contribution in [-0.4, -0.2) is 61.0 Å². The smallest absolute Gasteiger partial charge is 0.165 e. The molecule has 1 aliphatic heterocycles. The van der Waals surface area contributed by atoms with Crippen molar-refractivity contribution in [1.29, 1.82) is 0 Å². The van der Waals surface area contributed by atoms with Gasteiger partial charge >= 0.3 is 0 Å². The number of aryl methyl sites for hydroxylation is 1. The van der Waals surface area contributed by atoms with E-state index in [1.54, 1.807) is 12.5 Å². The first-order chi connectivity index (χ1) is 15.8. The molecular weight excluding hydrogens is 404 g/mol. The van der Waals surface area contributed by atoms with Gasteiger partial charge < -0.3 is 14.2 Å². The molecule has 5 heterocycles. The summed E-state index contributed by atoms with van der Waals surface area (Å²) in [4.78, 5) is 20.6. The molecule has 6 rings (SSSR count). The van der Waals surface area contributed by atoms with Crippen LogP contribution < -0.4 is 4.90 Å². The molecule has 1 saturated heterocycles. The fraction of sp³-hybridized carbons (Fsp3) is 0.261. The van der Waals surface area contributed by atoms with Crippen molar-refractivity contribution in [3.05, 3.63) is 60.4 Å². The monoisotopic (exact) mass is 426 g/mol. The Morgan fingerprint density at radius 2 is 1.84 bits per heavy atom. The number of rotatable bonds is 4. The van der Waals surface area contributed by atoms with Crippen LogP contribution in [0.1, 0.15) is 11.4 Å². The molecule has 4 aromatic heterocycles. The summed E-state index contributed by atoms with van der Waals surface area (Å²) < 4.78 is 7.63. The third-order valence-electron chi connectivity index (χ3n) is 5.93. The van der Waals surface area contributed by atoms with Crippen molar-refractivity contribution in [3.63, 3.8) is 0 Å². The van der Waals surface area contributed by atoms with E-state index in [0.29, 0.717) is 19.8 Å². The molecular formula is C23H22N8O. The van der Waals surface area contributed by atoms with Crippen LogP contribution >= 0.6 is 0 Å². The van der Waals surface area contributed by atoms with Gasteiger partial charge in [-0.05, 0) is 24.1 Å². The number of H-pyrrole nitrogens is 1. The van der Waals surface area contributed by atoms with E-state index in [9.17, 15) is 0 Å². The molecule has 5 aromatic rings. The largest absolute Gasteiger partial charge is 0.378 e. The minimum absolute atomic E-state index is 0.696. The number of ether oxygens (including phenoxy) is 1. The molecule has 0 saturated carbocycles. The average Bonchev–Trinajstić information content (AvgIpc) is 3.44. The maximum atomic E-state index is 5.48. The van der Waals surface area contributed by atoms with Crippen molar-refractivity contribution in [2.45, 2.75) is 13.5 Å². The Balaban J connectivity index is 1.30. The summed E-state index contributed by atoms with van der Waals surface area (Å²) in [5, 5.41) is 7.94. The van der Waals surface area contributed by atoms with Gasteiger partial charge in [0.1, 0.15) is 12.2 Å². The van der Waals surface area contributed by atoms with Crippen LogP contribution in [0.3, 0.4) is 0 Å². The first kappa shape index (κ1) is 18.9. The predicted octanol–water partition coefficient (Wildman–Crippen LogP) is 2.96. The molecule has 160 valence electrons. The molecule has 0 atom stereocenters. The van der Waals surface area contributed by atoms with Crippen molar-refractivity contribution in [2.75, 3.05) is 31.2 Å². The van der Waals surface area contributed by atoms with Crippen molar-refractivity contribution >= 4 is 28.0 Å². The van der Waals surface area contributed by atoms with Crippen molar-refractivity contribution < 1.29 is 4.74 Å². The number of anilines is 1. The maximum Gasteiger partial charge on any atom is 0.165 e. The van der Waals surface area contributed by atoms with Crippen LogP contribution in [0.2, 0.25) is 0 Å². The number of hydrogen-bond donors (Lipinski definition) is 1. The van der Waals surface area contributed by atoms with Crippen LogP contribution in [0.25, 0.3) is 33.3 Å². The summed E-state index contributed by atoms with van der Waals surface area (Å²) in [6.45, 7) is 5.77.